The number of hydrogen-bond acceptors (Lipinski definition) is 6. The van der Waals surface area contributed by atoms with E-state index in [0.717, 1.165) is 15.6 Å². The highest BCUT2D eigenvalue weighted by atomic mass is 79.9. The Kier molecular flexibility index (Phi) is 4.59. The molecule has 27 heavy (non-hydrogen) atoms. The van der Waals surface area contributed by atoms with Crippen molar-refractivity contribution < 1.29 is 9.53 Å². The first kappa shape index (κ1) is 17.6. The Balaban J connectivity index is 1.69. The molecule has 0 fully saturated rings. The molecule has 0 N–H and O–H groups in total. The molecular weight excluding hydrogens is 430 g/mol. The van der Waals surface area contributed by atoms with Gasteiger partial charge in [-0.15, -0.1) is 5.10 Å². The Morgan fingerprint density at radius 3 is 2.48 bits per heavy atom. The number of fused-ring (bicyclic) bond motifs is 1. The molecule has 0 aliphatic rings. The number of ether oxygens (including phenoxy) is 1. The highest BCUT2D eigenvalue weighted by molar-refractivity contribution is 9.10. The van der Waals surface area contributed by atoms with Crippen LogP contribution in [0.25, 0.3) is 22.4 Å². The van der Waals surface area contributed by atoms with E-state index in [-0.39, 0.29) is 11.5 Å². The average Bonchev–Trinajstić information content (AvgIpc) is 3.17. The molecule has 2 aromatic carbocycles. The summed E-state index contributed by atoms with van der Waals surface area (Å²) < 4.78 is 7.82. The van der Waals surface area contributed by atoms with Crippen LogP contribution in [-0.4, -0.2) is 20.6 Å². The van der Waals surface area contributed by atoms with E-state index in [0.29, 0.717) is 21.1 Å². The summed E-state index contributed by atoms with van der Waals surface area (Å²) in [7, 11) is 0. The lowest BCUT2D eigenvalue weighted by Crippen LogP contribution is -2.23. The number of halogens is 1. The molecular formula is C19H12BrN3O3S. The zero-order valence-corrected chi connectivity index (χ0v) is 16.5. The third kappa shape index (κ3) is 3.67. The topological polar surface area (TPSA) is 73.6 Å². The normalized spacial score (nSPS) is 11.9. The molecule has 0 aliphatic heterocycles. The van der Waals surface area contributed by atoms with Crippen molar-refractivity contribution in [2.24, 2.45) is 0 Å². The fourth-order valence-electron chi connectivity index (χ4n) is 2.50. The van der Waals surface area contributed by atoms with Gasteiger partial charge in [-0.3, -0.25) is 9.59 Å². The van der Waals surface area contributed by atoms with Crippen LogP contribution in [0, 0.1) is 0 Å². The van der Waals surface area contributed by atoms with Crippen LogP contribution in [0.2, 0.25) is 0 Å². The Morgan fingerprint density at radius 2 is 1.85 bits per heavy atom. The lowest BCUT2D eigenvalue weighted by atomic mass is 10.2. The number of hydrogen-bond donors (Lipinski definition) is 0. The monoisotopic (exact) mass is 441 g/mol. The summed E-state index contributed by atoms with van der Waals surface area (Å²) in [4.78, 5) is 28.6. The number of benzene rings is 2. The Hall–Kier alpha value is -2.84. The Labute approximate surface area is 165 Å². The van der Waals surface area contributed by atoms with E-state index >= 15 is 0 Å². The first-order valence-corrected chi connectivity index (χ1v) is 9.56. The molecule has 8 heteroatoms. The van der Waals surface area contributed by atoms with Crippen LogP contribution >= 0.6 is 27.3 Å². The van der Waals surface area contributed by atoms with Gasteiger partial charge in [0.25, 0.3) is 5.56 Å². The van der Waals surface area contributed by atoms with Crippen molar-refractivity contribution in [3.05, 3.63) is 73.5 Å². The number of nitrogens with zero attached hydrogens (tertiary/aromatic N) is 3. The molecule has 4 aromatic rings. The minimum absolute atomic E-state index is 0.213. The Morgan fingerprint density at radius 1 is 1.15 bits per heavy atom. The van der Waals surface area contributed by atoms with Crippen molar-refractivity contribution in [3.8, 4) is 17.1 Å². The number of carbonyl (C=O) groups is 1. The first-order valence-electron chi connectivity index (χ1n) is 7.95. The molecule has 0 radical (unpaired) electrons. The third-order valence-electron chi connectivity index (χ3n) is 3.72. The summed E-state index contributed by atoms with van der Waals surface area (Å²) in [5.41, 5.74) is 1.45. The van der Waals surface area contributed by atoms with Crippen molar-refractivity contribution in [3.63, 3.8) is 0 Å². The van der Waals surface area contributed by atoms with Gasteiger partial charge in [0, 0.05) is 17.0 Å². The molecule has 0 bridgehead atoms. The molecule has 0 saturated carbocycles. The van der Waals surface area contributed by atoms with Gasteiger partial charge in [-0.2, -0.15) is 9.50 Å². The van der Waals surface area contributed by atoms with Crippen molar-refractivity contribution in [2.75, 3.05) is 0 Å². The maximum absolute atomic E-state index is 12.6. The highest BCUT2D eigenvalue weighted by Gasteiger charge is 2.12. The molecule has 0 aliphatic carbocycles. The van der Waals surface area contributed by atoms with Crippen molar-refractivity contribution in [1.29, 1.82) is 0 Å². The summed E-state index contributed by atoms with van der Waals surface area (Å²) in [6, 6.07) is 14.5. The van der Waals surface area contributed by atoms with Crippen molar-refractivity contribution in [1.82, 2.24) is 14.6 Å². The van der Waals surface area contributed by atoms with Gasteiger partial charge >= 0.3 is 5.97 Å². The van der Waals surface area contributed by atoms with Gasteiger partial charge in [0.2, 0.25) is 4.96 Å². The summed E-state index contributed by atoms with van der Waals surface area (Å²) in [5, 5.41) is 4.33. The average molecular weight is 442 g/mol. The van der Waals surface area contributed by atoms with E-state index in [2.05, 4.69) is 26.0 Å². The predicted octanol–water partition coefficient (Wildman–Crippen LogP) is 3.05. The van der Waals surface area contributed by atoms with Crippen LogP contribution in [-0.2, 0) is 4.79 Å². The third-order valence-corrected chi connectivity index (χ3v) is 5.21. The zero-order chi connectivity index (χ0) is 19.0. The molecule has 4 rings (SSSR count). The maximum Gasteiger partial charge on any atom is 0.308 e. The van der Waals surface area contributed by atoms with Gasteiger partial charge in [-0.05, 0) is 35.9 Å². The molecule has 0 saturated heterocycles. The highest BCUT2D eigenvalue weighted by Crippen LogP contribution is 2.19. The summed E-state index contributed by atoms with van der Waals surface area (Å²) >= 11 is 4.67. The van der Waals surface area contributed by atoms with Gasteiger partial charge < -0.3 is 4.74 Å². The summed E-state index contributed by atoms with van der Waals surface area (Å²) in [5.74, 6) is 0.604. The standard InChI is InChI=1S/C19H12BrN3O3S/c1-11(24)26-15-8-2-12(3-9-15)10-16-18(25)23-19(27-16)21-17(22-23)13-4-6-14(20)7-5-13/h2-10H,1H3/b16-10+. The van der Waals surface area contributed by atoms with Crippen LogP contribution < -0.4 is 14.8 Å². The fourth-order valence-corrected chi connectivity index (χ4v) is 3.68. The van der Waals surface area contributed by atoms with Gasteiger partial charge in [0.05, 0.1) is 4.53 Å². The second kappa shape index (κ2) is 7.05. The van der Waals surface area contributed by atoms with E-state index < -0.39 is 0 Å². The van der Waals surface area contributed by atoms with Crippen molar-refractivity contribution in [2.45, 2.75) is 6.92 Å². The zero-order valence-electron chi connectivity index (χ0n) is 14.0. The summed E-state index contributed by atoms with van der Waals surface area (Å²) in [6.07, 6.45) is 1.76. The molecule has 0 amide bonds. The molecule has 0 unspecified atom stereocenters. The number of rotatable bonds is 3. The SMILES string of the molecule is CC(=O)Oc1ccc(/C=c2/sc3nc(-c4ccc(Br)cc4)nn3c2=O)cc1. The summed E-state index contributed by atoms with van der Waals surface area (Å²) in [6.45, 7) is 1.35. The number of thiazole rings is 1. The van der Waals surface area contributed by atoms with Gasteiger partial charge in [0.1, 0.15) is 5.75 Å². The second-order valence-electron chi connectivity index (χ2n) is 5.72. The fraction of sp³-hybridized carbons (Fsp3) is 0.0526. The lowest BCUT2D eigenvalue weighted by molar-refractivity contribution is -0.131. The molecule has 134 valence electrons. The van der Waals surface area contributed by atoms with Crippen LogP contribution in [0.15, 0.2) is 57.8 Å². The lowest BCUT2D eigenvalue weighted by Gasteiger charge is -2.00. The Bertz CT molecular complexity index is 1240. The van der Waals surface area contributed by atoms with Gasteiger partial charge in [0.15, 0.2) is 5.82 Å². The minimum atomic E-state index is -0.374. The van der Waals surface area contributed by atoms with Gasteiger partial charge in [-0.1, -0.05) is 51.5 Å². The van der Waals surface area contributed by atoms with E-state index in [4.69, 9.17) is 4.74 Å². The number of carbonyl (C=O) groups excluding carboxylic acids is 1. The van der Waals surface area contributed by atoms with Crippen LogP contribution in [0.4, 0.5) is 0 Å². The van der Waals surface area contributed by atoms with Crippen LogP contribution in [0.3, 0.4) is 0 Å². The van der Waals surface area contributed by atoms with Crippen LogP contribution in [0.1, 0.15) is 12.5 Å². The van der Waals surface area contributed by atoms with Crippen LogP contribution in [0.5, 0.6) is 5.75 Å². The first-order chi connectivity index (χ1) is 13.0. The smallest absolute Gasteiger partial charge is 0.308 e. The predicted molar refractivity (Wildman–Crippen MR) is 107 cm³/mol. The van der Waals surface area contributed by atoms with E-state index in [1.165, 1.54) is 22.8 Å². The molecule has 6 nitrogen and oxygen atoms in total. The number of esters is 1. The van der Waals surface area contributed by atoms with E-state index in [1.807, 2.05) is 24.3 Å². The molecule has 2 aromatic heterocycles. The van der Waals surface area contributed by atoms with E-state index in [9.17, 15) is 9.59 Å². The minimum Gasteiger partial charge on any atom is -0.427 e. The molecule has 2 heterocycles. The number of aromatic nitrogens is 3. The van der Waals surface area contributed by atoms with Crippen molar-refractivity contribution >= 4 is 44.3 Å². The maximum atomic E-state index is 12.6. The van der Waals surface area contributed by atoms with E-state index in [1.54, 1.807) is 30.3 Å². The molecule has 0 atom stereocenters. The van der Waals surface area contributed by atoms with Gasteiger partial charge in [-0.25, -0.2) is 0 Å². The molecule has 0 spiro atoms. The largest absolute Gasteiger partial charge is 0.427 e. The quantitative estimate of drug-likeness (QED) is 0.360. The second-order valence-corrected chi connectivity index (χ2v) is 7.64.